The van der Waals surface area contributed by atoms with Gasteiger partial charge in [-0.2, -0.15) is 10.1 Å². The summed E-state index contributed by atoms with van der Waals surface area (Å²) in [4.78, 5) is 9.13. The van der Waals surface area contributed by atoms with Gasteiger partial charge >= 0.3 is 0 Å². The van der Waals surface area contributed by atoms with Crippen LogP contribution < -0.4 is 20.5 Å². The Morgan fingerprint density at radius 1 is 1.14 bits per heavy atom. The van der Waals surface area contributed by atoms with E-state index in [0.717, 1.165) is 11.1 Å². The van der Waals surface area contributed by atoms with Gasteiger partial charge in [-0.3, -0.25) is 4.68 Å². The van der Waals surface area contributed by atoms with Crippen LogP contribution in [0.25, 0.3) is 22.3 Å². The van der Waals surface area contributed by atoms with Gasteiger partial charge < -0.3 is 20.5 Å². The maximum absolute atomic E-state index is 13.4. The Bertz CT molecular complexity index is 1240. The average molecular weight is 392 g/mol. The molecule has 0 spiro atoms. The number of rotatable bonds is 4. The monoisotopic (exact) mass is 392 g/mol. The van der Waals surface area contributed by atoms with Crippen LogP contribution in [0.2, 0.25) is 0 Å². The Labute approximate surface area is 165 Å². The molecule has 9 heteroatoms. The number of aromatic nitrogens is 4. The highest BCUT2D eigenvalue weighted by molar-refractivity contribution is 5.99. The Morgan fingerprint density at radius 3 is 2.86 bits per heavy atom. The maximum atomic E-state index is 13.4. The zero-order chi connectivity index (χ0) is 20.0. The van der Waals surface area contributed by atoms with Crippen LogP contribution in [0.5, 0.6) is 11.5 Å². The number of nitrogen functional groups attached to an aromatic ring is 1. The lowest BCUT2D eigenvalue weighted by Gasteiger charge is -2.09. The molecule has 29 heavy (non-hydrogen) atoms. The second-order valence-corrected chi connectivity index (χ2v) is 6.65. The van der Waals surface area contributed by atoms with Gasteiger partial charge in [0, 0.05) is 19.2 Å². The minimum Gasteiger partial charge on any atom is -0.454 e. The van der Waals surface area contributed by atoms with E-state index in [1.807, 2.05) is 24.3 Å². The summed E-state index contributed by atoms with van der Waals surface area (Å²) in [6.07, 6.45) is 0. The molecule has 2 aromatic heterocycles. The van der Waals surface area contributed by atoms with Gasteiger partial charge in [-0.05, 0) is 35.9 Å². The first-order chi connectivity index (χ1) is 14.1. The van der Waals surface area contributed by atoms with E-state index in [1.54, 1.807) is 17.8 Å². The van der Waals surface area contributed by atoms with Gasteiger partial charge in [0.05, 0.1) is 11.1 Å². The predicted molar refractivity (Wildman–Crippen MR) is 106 cm³/mol. The Hall–Kier alpha value is -3.88. The number of halogens is 1. The molecule has 3 N–H and O–H groups in total. The molecule has 0 saturated heterocycles. The number of nitrogens with zero attached hydrogens (tertiary/aromatic N) is 4. The van der Waals surface area contributed by atoms with Gasteiger partial charge in [-0.1, -0.05) is 12.1 Å². The fourth-order valence-electron chi connectivity index (χ4n) is 3.27. The van der Waals surface area contributed by atoms with Crippen molar-refractivity contribution < 1.29 is 13.9 Å². The quantitative estimate of drug-likeness (QED) is 0.550. The van der Waals surface area contributed by atoms with Crippen LogP contribution in [0, 0.1) is 5.82 Å². The molecule has 146 valence electrons. The number of hydrogen-bond acceptors (Lipinski definition) is 7. The first-order valence-corrected chi connectivity index (χ1v) is 8.97. The molecule has 5 rings (SSSR count). The van der Waals surface area contributed by atoms with Crippen molar-refractivity contribution >= 4 is 22.8 Å². The molecule has 1 aliphatic rings. The summed E-state index contributed by atoms with van der Waals surface area (Å²) in [7, 11) is 1.75. The Balaban J connectivity index is 1.58. The molecule has 0 atom stereocenters. The van der Waals surface area contributed by atoms with Crippen LogP contribution in [-0.4, -0.2) is 26.5 Å². The van der Waals surface area contributed by atoms with Gasteiger partial charge in [-0.15, -0.1) is 0 Å². The number of benzene rings is 2. The van der Waals surface area contributed by atoms with Gasteiger partial charge in [0.25, 0.3) is 0 Å². The number of aryl methyl sites for hydroxylation is 1. The molecule has 3 heterocycles. The van der Waals surface area contributed by atoms with Crippen molar-refractivity contribution in [2.45, 2.75) is 6.54 Å². The van der Waals surface area contributed by atoms with Crippen molar-refractivity contribution in [2.75, 3.05) is 17.8 Å². The number of nitrogens with one attached hydrogen (secondary N) is 1. The summed E-state index contributed by atoms with van der Waals surface area (Å²) in [6, 6.07) is 11.9. The highest BCUT2D eigenvalue weighted by Gasteiger charge is 2.20. The number of anilines is 2. The molecule has 0 aliphatic carbocycles. The summed E-state index contributed by atoms with van der Waals surface area (Å²) < 4.78 is 25.9. The summed E-state index contributed by atoms with van der Waals surface area (Å²) in [5.41, 5.74) is 8.89. The maximum Gasteiger partial charge on any atom is 0.231 e. The molecular formula is C20H17FN6O2. The number of ether oxygens (including phenoxy) is 2. The minimum absolute atomic E-state index is 0.188. The lowest BCUT2D eigenvalue weighted by molar-refractivity contribution is 0.174. The molecule has 0 bridgehead atoms. The van der Waals surface area contributed by atoms with Crippen LogP contribution >= 0.6 is 0 Å². The summed E-state index contributed by atoms with van der Waals surface area (Å²) in [5.74, 6) is 1.87. The van der Waals surface area contributed by atoms with E-state index in [0.29, 0.717) is 46.5 Å². The second kappa shape index (κ2) is 6.62. The largest absolute Gasteiger partial charge is 0.454 e. The minimum atomic E-state index is -0.292. The van der Waals surface area contributed by atoms with E-state index in [4.69, 9.17) is 15.2 Å². The van der Waals surface area contributed by atoms with Crippen LogP contribution in [0.4, 0.5) is 16.2 Å². The van der Waals surface area contributed by atoms with Crippen molar-refractivity contribution in [1.29, 1.82) is 0 Å². The van der Waals surface area contributed by atoms with E-state index in [9.17, 15) is 4.39 Å². The lowest BCUT2D eigenvalue weighted by atomic mass is 10.1. The molecule has 4 aromatic rings. The zero-order valence-corrected chi connectivity index (χ0v) is 15.5. The van der Waals surface area contributed by atoms with Crippen molar-refractivity contribution in [3.63, 3.8) is 0 Å². The van der Waals surface area contributed by atoms with Gasteiger partial charge in [0.2, 0.25) is 12.7 Å². The predicted octanol–water partition coefficient (Wildman–Crippen LogP) is 3.09. The van der Waals surface area contributed by atoms with Crippen LogP contribution in [0.1, 0.15) is 5.56 Å². The van der Waals surface area contributed by atoms with Crippen molar-refractivity contribution in [3.05, 3.63) is 53.8 Å². The summed E-state index contributed by atoms with van der Waals surface area (Å²) >= 11 is 0. The Morgan fingerprint density at radius 2 is 2.00 bits per heavy atom. The van der Waals surface area contributed by atoms with E-state index in [1.165, 1.54) is 12.1 Å². The summed E-state index contributed by atoms with van der Waals surface area (Å²) in [6.45, 7) is 0.555. The molecule has 2 aromatic carbocycles. The third-order valence-electron chi connectivity index (χ3n) is 4.73. The fourth-order valence-corrected chi connectivity index (χ4v) is 3.27. The Kier molecular flexibility index (Phi) is 3.94. The van der Waals surface area contributed by atoms with Gasteiger partial charge in [0.15, 0.2) is 17.1 Å². The van der Waals surface area contributed by atoms with E-state index >= 15 is 0 Å². The van der Waals surface area contributed by atoms with E-state index in [-0.39, 0.29) is 12.6 Å². The van der Waals surface area contributed by atoms with Gasteiger partial charge in [0.1, 0.15) is 11.6 Å². The van der Waals surface area contributed by atoms with Crippen LogP contribution in [0.3, 0.4) is 0 Å². The zero-order valence-electron chi connectivity index (χ0n) is 15.5. The average Bonchev–Trinajstić information content (AvgIpc) is 3.30. The molecule has 0 fully saturated rings. The molecule has 1 aliphatic heterocycles. The fraction of sp³-hybridized carbons (Fsp3) is 0.150. The molecule has 0 unspecified atom stereocenters. The lowest BCUT2D eigenvalue weighted by Crippen LogP contribution is -2.05. The first-order valence-electron chi connectivity index (χ1n) is 8.97. The van der Waals surface area contributed by atoms with E-state index in [2.05, 4.69) is 20.4 Å². The molecular weight excluding hydrogens is 375 g/mol. The van der Waals surface area contributed by atoms with E-state index < -0.39 is 0 Å². The highest BCUT2D eigenvalue weighted by Crippen LogP contribution is 2.38. The SMILES string of the molecule is Cn1nc2nc(NCc3cccc(F)c3)nc(-c3ccc4c(c3)OCO4)c2c1N. The topological polar surface area (TPSA) is 100 Å². The molecule has 0 radical (unpaired) electrons. The number of nitrogens with two attached hydrogens (primary N) is 1. The number of hydrogen-bond donors (Lipinski definition) is 2. The van der Waals surface area contributed by atoms with Crippen molar-refractivity contribution in [3.8, 4) is 22.8 Å². The summed E-state index contributed by atoms with van der Waals surface area (Å²) in [5, 5.41) is 8.18. The van der Waals surface area contributed by atoms with Gasteiger partial charge in [-0.25, -0.2) is 9.37 Å². The van der Waals surface area contributed by atoms with Crippen molar-refractivity contribution in [2.24, 2.45) is 7.05 Å². The smallest absolute Gasteiger partial charge is 0.231 e. The second-order valence-electron chi connectivity index (χ2n) is 6.65. The van der Waals surface area contributed by atoms with Crippen LogP contribution in [0.15, 0.2) is 42.5 Å². The molecule has 0 amide bonds. The number of fused-ring (bicyclic) bond motifs is 2. The molecule has 8 nitrogen and oxygen atoms in total. The first kappa shape index (κ1) is 17.2. The third-order valence-corrected chi connectivity index (χ3v) is 4.73. The normalized spacial score (nSPS) is 12.5. The molecule has 0 saturated carbocycles. The standard InChI is InChI=1S/C20H17FN6O2/c1-27-18(22)16-17(12-5-6-14-15(8-12)29-10-28-14)24-20(25-19(16)26-27)23-9-11-3-2-4-13(21)7-11/h2-8H,9-10,22H2,1H3,(H,23,25,26). The van der Waals surface area contributed by atoms with Crippen LogP contribution in [-0.2, 0) is 13.6 Å². The van der Waals surface area contributed by atoms with Crippen molar-refractivity contribution in [1.82, 2.24) is 19.7 Å². The highest BCUT2D eigenvalue weighted by atomic mass is 19.1. The third kappa shape index (κ3) is 3.06.